The van der Waals surface area contributed by atoms with E-state index in [4.69, 9.17) is 0 Å². The van der Waals surface area contributed by atoms with Crippen LogP contribution in [0.4, 0.5) is 0 Å². The van der Waals surface area contributed by atoms with Crippen LogP contribution in [0.5, 0.6) is 0 Å². The Morgan fingerprint density at radius 3 is 2.44 bits per heavy atom. The first-order valence-corrected chi connectivity index (χ1v) is 9.14. The maximum Gasteiger partial charge on any atom is 0.191 e. The van der Waals surface area contributed by atoms with Crippen LogP contribution in [-0.2, 0) is 6.54 Å². The fourth-order valence-electron chi connectivity index (χ4n) is 2.76. The third-order valence-corrected chi connectivity index (χ3v) is 4.06. The molecule has 1 aromatic rings. The van der Waals surface area contributed by atoms with Crippen molar-refractivity contribution in [3.8, 4) is 0 Å². The van der Waals surface area contributed by atoms with Gasteiger partial charge in [0, 0.05) is 37.9 Å². The summed E-state index contributed by atoms with van der Waals surface area (Å²) >= 11 is 0. The largest absolute Gasteiger partial charge is 0.357 e. The van der Waals surface area contributed by atoms with Crippen molar-refractivity contribution in [2.75, 3.05) is 19.6 Å². The van der Waals surface area contributed by atoms with Crippen LogP contribution >= 0.6 is 24.0 Å². The molecule has 0 unspecified atom stereocenters. The molecular weight excluding hydrogens is 425 g/mol. The minimum absolute atomic E-state index is 0. The van der Waals surface area contributed by atoms with Crippen molar-refractivity contribution in [1.29, 1.82) is 0 Å². The van der Waals surface area contributed by atoms with Gasteiger partial charge in [-0.05, 0) is 59.6 Å². The molecule has 0 aliphatic rings. The summed E-state index contributed by atoms with van der Waals surface area (Å²) in [6.07, 6.45) is 2.92. The van der Waals surface area contributed by atoms with E-state index in [0.717, 1.165) is 37.7 Å². The predicted molar refractivity (Wildman–Crippen MR) is 119 cm³/mol. The van der Waals surface area contributed by atoms with Crippen LogP contribution < -0.4 is 10.6 Å². The third kappa shape index (κ3) is 9.39. The highest BCUT2D eigenvalue weighted by atomic mass is 127. The number of aliphatic imine (C=N–C) groups is 1. The van der Waals surface area contributed by atoms with E-state index >= 15 is 0 Å². The Balaban J connectivity index is 0.00000576. The zero-order chi connectivity index (χ0) is 17.9. The number of nitrogens with zero attached hydrogens (tertiary/aromatic N) is 3. The molecule has 0 bridgehead atoms. The molecule has 0 aromatic carbocycles. The first kappa shape index (κ1) is 24.1. The standard InChI is InChI=1S/C19H35N5.HI/c1-7-20-19(23-14-18-17(6)10-8-11-21-18)22-12-9-13-24(15(2)3)16(4)5;/h8,10-11,15-16H,7,9,12-14H2,1-6H3,(H2,20,22,23);1H. The molecule has 0 saturated carbocycles. The smallest absolute Gasteiger partial charge is 0.191 e. The molecule has 1 aromatic heterocycles. The van der Waals surface area contributed by atoms with Crippen molar-refractivity contribution >= 4 is 29.9 Å². The first-order chi connectivity index (χ1) is 11.5. The maximum atomic E-state index is 4.65. The topological polar surface area (TPSA) is 52.6 Å². The normalized spacial score (nSPS) is 11.8. The lowest BCUT2D eigenvalue weighted by atomic mass is 10.2. The Kier molecular flexibility index (Phi) is 12.9. The summed E-state index contributed by atoms with van der Waals surface area (Å²) in [5, 5.41) is 6.73. The van der Waals surface area contributed by atoms with Gasteiger partial charge in [-0.2, -0.15) is 0 Å². The number of pyridine rings is 1. The van der Waals surface area contributed by atoms with Gasteiger partial charge in [-0.25, -0.2) is 4.99 Å². The van der Waals surface area contributed by atoms with Gasteiger partial charge in [0.05, 0.1) is 12.2 Å². The zero-order valence-electron chi connectivity index (χ0n) is 16.7. The number of nitrogens with one attached hydrogen (secondary N) is 2. The lowest BCUT2D eigenvalue weighted by Gasteiger charge is -2.30. The third-order valence-electron chi connectivity index (χ3n) is 4.06. The summed E-state index contributed by atoms with van der Waals surface area (Å²) in [5.41, 5.74) is 2.21. The summed E-state index contributed by atoms with van der Waals surface area (Å²) in [5.74, 6) is 0.864. The molecule has 0 fully saturated rings. The highest BCUT2D eigenvalue weighted by molar-refractivity contribution is 14.0. The Bertz CT molecular complexity index is 494. The van der Waals surface area contributed by atoms with E-state index in [9.17, 15) is 0 Å². The van der Waals surface area contributed by atoms with E-state index in [1.807, 2.05) is 12.3 Å². The van der Waals surface area contributed by atoms with Crippen molar-refractivity contribution in [2.45, 2.75) is 66.6 Å². The van der Waals surface area contributed by atoms with Gasteiger partial charge in [0.25, 0.3) is 0 Å². The molecule has 5 nitrogen and oxygen atoms in total. The molecule has 0 atom stereocenters. The van der Waals surface area contributed by atoms with Gasteiger partial charge >= 0.3 is 0 Å². The molecule has 144 valence electrons. The average Bonchev–Trinajstić information content (AvgIpc) is 2.52. The Hall–Kier alpha value is -0.890. The van der Waals surface area contributed by atoms with E-state index in [1.54, 1.807) is 0 Å². The molecule has 6 heteroatoms. The number of hydrogen-bond acceptors (Lipinski definition) is 3. The van der Waals surface area contributed by atoms with Gasteiger partial charge in [-0.3, -0.25) is 9.88 Å². The van der Waals surface area contributed by atoms with Crippen molar-refractivity contribution < 1.29 is 0 Å². The second-order valence-electron chi connectivity index (χ2n) is 6.67. The van der Waals surface area contributed by atoms with Crippen molar-refractivity contribution in [2.24, 2.45) is 4.99 Å². The monoisotopic (exact) mass is 461 g/mol. The Labute approximate surface area is 171 Å². The number of halogens is 1. The summed E-state index contributed by atoms with van der Waals surface area (Å²) < 4.78 is 0. The summed E-state index contributed by atoms with van der Waals surface area (Å²) in [6, 6.07) is 5.20. The van der Waals surface area contributed by atoms with Crippen LogP contribution in [0, 0.1) is 6.92 Å². The first-order valence-electron chi connectivity index (χ1n) is 9.14. The van der Waals surface area contributed by atoms with Crippen molar-refractivity contribution in [3.05, 3.63) is 29.6 Å². The molecule has 0 amide bonds. The molecule has 0 saturated heterocycles. The molecular formula is C19H36IN5. The van der Waals surface area contributed by atoms with E-state index < -0.39 is 0 Å². The molecule has 1 heterocycles. The van der Waals surface area contributed by atoms with E-state index in [1.165, 1.54) is 5.56 Å². The number of aryl methyl sites for hydroxylation is 1. The minimum Gasteiger partial charge on any atom is -0.357 e. The quantitative estimate of drug-likeness (QED) is 0.256. The Morgan fingerprint density at radius 2 is 1.88 bits per heavy atom. The fraction of sp³-hybridized carbons (Fsp3) is 0.684. The van der Waals surface area contributed by atoms with Crippen molar-refractivity contribution in [3.63, 3.8) is 0 Å². The van der Waals surface area contributed by atoms with Crippen LogP contribution in [0.1, 0.15) is 52.3 Å². The second kappa shape index (κ2) is 13.3. The number of aromatic nitrogens is 1. The molecule has 0 aliphatic heterocycles. The van der Waals surface area contributed by atoms with Gasteiger partial charge in [-0.15, -0.1) is 24.0 Å². The SMILES string of the molecule is CCNC(=NCc1ncccc1C)NCCCN(C(C)C)C(C)C.I. The number of guanidine groups is 1. The average molecular weight is 461 g/mol. The summed E-state index contributed by atoms with van der Waals surface area (Å²) in [4.78, 5) is 11.6. The van der Waals surface area contributed by atoms with Gasteiger partial charge in [0.1, 0.15) is 0 Å². The van der Waals surface area contributed by atoms with E-state index in [2.05, 4.69) is 73.1 Å². The lowest BCUT2D eigenvalue weighted by molar-refractivity contribution is 0.173. The van der Waals surface area contributed by atoms with Gasteiger partial charge in [0.15, 0.2) is 5.96 Å². The summed E-state index contributed by atoms with van der Waals surface area (Å²) in [7, 11) is 0. The molecule has 2 N–H and O–H groups in total. The number of rotatable bonds is 9. The lowest BCUT2D eigenvalue weighted by Crippen LogP contribution is -2.41. The zero-order valence-corrected chi connectivity index (χ0v) is 19.0. The molecule has 25 heavy (non-hydrogen) atoms. The van der Waals surface area contributed by atoms with Gasteiger partial charge in [0.2, 0.25) is 0 Å². The number of hydrogen-bond donors (Lipinski definition) is 2. The van der Waals surface area contributed by atoms with Gasteiger partial charge in [-0.1, -0.05) is 6.07 Å². The maximum absolute atomic E-state index is 4.65. The molecule has 0 spiro atoms. The van der Waals surface area contributed by atoms with Crippen LogP contribution in [0.15, 0.2) is 23.3 Å². The Morgan fingerprint density at radius 1 is 1.20 bits per heavy atom. The van der Waals surface area contributed by atoms with Crippen LogP contribution in [-0.4, -0.2) is 47.6 Å². The van der Waals surface area contributed by atoms with E-state index in [-0.39, 0.29) is 24.0 Å². The van der Waals surface area contributed by atoms with Crippen LogP contribution in [0.3, 0.4) is 0 Å². The highest BCUT2D eigenvalue weighted by Crippen LogP contribution is 2.06. The minimum atomic E-state index is 0. The fourth-order valence-corrected chi connectivity index (χ4v) is 2.76. The highest BCUT2D eigenvalue weighted by Gasteiger charge is 2.12. The molecule has 0 radical (unpaired) electrons. The van der Waals surface area contributed by atoms with Crippen molar-refractivity contribution in [1.82, 2.24) is 20.5 Å². The molecule has 1 rings (SSSR count). The summed E-state index contributed by atoms with van der Waals surface area (Å²) in [6.45, 7) is 16.7. The second-order valence-corrected chi connectivity index (χ2v) is 6.67. The van der Waals surface area contributed by atoms with Gasteiger partial charge < -0.3 is 10.6 Å². The predicted octanol–water partition coefficient (Wildman–Crippen LogP) is 3.57. The van der Waals surface area contributed by atoms with Crippen LogP contribution in [0.2, 0.25) is 0 Å². The molecule has 0 aliphatic carbocycles. The van der Waals surface area contributed by atoms with Crippen LogP contribution in [0.25, 0.3) is 0 Å². The van der Waals surface area contributed by atoms with E-state index in [0.29, 0.717) is 18.6 Å².